The molecule has 1 aromatic rings. The third kappa shape index (κ3) is 4.69. The van der Waals surface area contributed by atoms with Crippen molar-refractivity contribution in [3.8, 4) is 0 Å². The number of carbonyl (C=O) groups is 2. The van der Waals surface area contributed by atoms with Gasteiger partial charge in [-0.15, -0.1) is 0 Å². The molecule has 176 valence electrons. The number of nitrogens with one attached hydrogen (secondary N) is 1. The van der Waals surface area contributed by atoms with Gasteiger partial charge in [-0.05, 0) is 83.2 Å². The fourth-order valence-electron chi connectivity index (χ4n) is 5.54. The Balaban J connectivity index is 1.37. The molecule has 1 atom stereocenters. The average Bonchev–Trinajstić information content (AvgIpc) is 3.06. The molecule has 2 saturated heterocycles. The molecule has 0 saturated carbocycles. The first-order chi connectivity index (χ1) is 15.1. The molecule has 3 heterocycles. The molecule has 32 heavy (non-hydrogen) atoms. The zero-order valence-corrected chi connectivity index (χ0v) is 20.0. The summed E-state index contributed by atoms with van der Waals surface area (Å²) in [6.45, 7) is 9.04. The average molecular weight is 464 g/mol. The lowest BCUT2D eigenvalue weighted by molar-refractivity contribution is -0.147. The Hall–Kier alpha value is -1.99. The highest BCUT2D eigenvalue weighted by molar-refractivity contribution is 6.30. The molecule has 1 spiro atoms. The topological polar surface area (TPSA) is 82.1 Å². The minimum Gasteiger partial charge on any atom is -0.480 e. The predicted molar refractivity (Wildman–Crippen MR) is 124 cm³/mol. The van der Waals surface area contributed by atoms with Gasteiger partial charge in [0.1, 0.15) is 11.6 Å². The van der Waals surface area contributed by atoms with E-state index in [0.717, 1.165) is 43.2 Å². The van der Waals surface area contributed by atoms with E-state index in [-0.39, 0.29) is 17.4 Å². The summed E-state index contributed by atoms with van der Waals surface area (Å²) in [7, 11) is 0. The Bertz CT molecular complexity index is 868. The van der Waals surface area contributed by atoms with Gasteiger partial charge in [0.25, 0.3) is 0 Å². The van der Waals surface area contributed by atoms with Gasteiger partial charge in [0.05, 0.1) is 0 Å². The van der Waals surface area contributed by atoms with Crippen molar-refractivity contribution < 1.29 is 19.4 Å². The summed E-state index contributed by atoms with van der Waals surface area (Å²) in [4.78, 5) is 28.5. The summed E-state index contributed by atoms with van der Waals surface area (Å²) < 4.78 is 5.47. The van der Waals surface area contributed by atoms with E-state index in [4.69, 9.17) is 16.3 Å². The number of aliphatic carboxylic acids is 1. The number of halogens is 1. The molecule has 7 nitrogen and oxygen atoms in total. The number of fused-ring (bicyclic) bond motifs is 2. The highest BCUT2D eigenvalue weighted by atomic mass is 35.5. The van der Waals surface area contributed by atoms with Crippen molar-refractivity contribution in [3.63, 3.8) is 0 Å². The van der Waals surface area contributed by atoms with E-state index in [0.29, 0.717) is 25.9 Å². The van der Waals surface area contributed by atoms with Crippen LogP contribution in [0.1, 0.15) is 52.0 Å². The smallest absolute Gasteiger partial charge is 0.410 e. The maximum atomic E-state index is 12.4. The lowest BCUT2D eigenvalue weighted by Gasteiger charge is -2.45. The van der Waals surface area contributed by atoms with Crippen LogP contribution in [0.3, 0.4) is 0 Å². The number of carboxylic acid groups (broad SMARTS) is 1. The molecule has 1 unspecified atom stereocenters. The molecule has 1 aromatic carbocycles. The molecule has 0 radical (unpaired) electrons. The molecule has 4 rings (SSSR count). The fourth-order valence-corrected chi connectivity index (χ4v) is 5.71. The van der Waals surface area contributed by atoms with Gasteiger partial charge < -0.3 is 20.1 Å². The lowest BCUT2D eigenvalue weighted by Crippen LogP contribution is -2.55. The molecule has 0 bridgehead atoms. The Morgan fingerprint density at radius 1 is 1.19 bits per heavy atom. The third-order valence-corrected chi connectivity index (χ3v) is 7.44. The fraction of sp³-hybridized carbons (Fsp3) is 0.667. The number of likely N-dealkylation sites (tertiary alicyclic amines) is 2. The van der Waals surface area contributed by atoms with Gasteiger partial charge in [0, 0.05) is 35.8 Å². The zero-order chi connectivity index (χ0) is 23.1. The molecule has 2 fully saturated rings. The molecule has 0 aliphatic carbocycles. The number of amides is 1. The summed E-state index contributed by atoms with van der Waals surface area (Å²) in [6.07, 6.45) is 2.90. The minimum absolute atomic E-state index is 0.0352. The molecule has 3 aliphatic rings. The van der Waals surface area contributed by atoms with E-state index >= 15 is 0 Å². The van der Waals surface area contributed by atoms with E-state index in [1.807, 2.05) is 32.9 Å². The zero-order valence-electron chi connectivity index (χ0n) is 19.2. The predicted octanol–water partition coefficient (Wildman–Crippen LogP) is 4.20. The van der Waals surface area contributed by atoms with Gasteiger partial charge in [-0.3, -0.25) is 9.69 Å². The summed E-state index contributed by atoms with van der Waals surface area (Å²) in [5.74, 6) is -0.721. The van der Waals surface area contributed by atoms with Crippen LogP contribution >= 0.6 is 11.6 Å². The van der Waals surface area contributed by atoms with E-state index in [2.05, 4.69) is 16.3 Å². The highest BCUT2D eigenvalue weighted by Crippen LogP contribution is 2.45. The molecule has 1 amide bonds. The van der Waals surface area contributed by atoms with Crippen molar-refractivity contribution in [2.75, 3.05) is 38.0 Å². The van der Waals surface area contributed by atoms with Gasteiger partial charge in [-0.2, -0.15) is 0 Å². The molecule has 3 aliphatic heterocycles. The van der Waals surface area contributed by atoms with Crippen LogP contribution in [0.5, 0.6) is 0 Å². The Labute approximate surface area is 195 Å². The van der Waals surface area contributed by atoms with E-state index in [1.54, 1.807) is 4.90 Å². The summed E-state index contributed by atoms with van der Waals surface area (Å²) in [6, 6.07) is 5.54. The van der Waals surface area contributed by atoms with Crippen molar-refractivity contribution in [3.05, 3.63) is 28.8 Å². The minimum atomic E-state index is -0.756. The van der Waals surface area contributed by atoms with Crippen LogP contribution in [0.4, 0.5) is 10.5 Å². The second-order valence-electron chi connectivity index (χ2n) is 10.4. The van der Waals surface area contributed by atoms with Crippen molar-refractivity contribution in [1.29, 1.82) is 0 Å². The molecule has 8 heteroatoms. The van der Waals surface area contributed by atoms with Crippen LogP contribution in [0.2, 0.25) is 5.02 Å². The largest absolute Gasteiger partial charge is 0.480 e. The molecule has 2 N–H and O–H groups in total. The lowest BCUT2D eigenvalue weighted by atomic mass is 9.73. The number of carbonyl (C=O) groups excluding carboxylic acids is 1. The van der Waals surface area contributed by atoms with E-state index in [9.17, 15) is 14.7 Å². The van der Waals surface area contributed by atoms with Crippen molar-refractivity contribution in [2.24, 2.45) is 5.92 Å². The SMILES string of the molecule is CC(C)(C)OC(=O)N1CCC(C(C(=O)O)N2CCC3(CC2)CNc2cc(Cl)ccc23)CC1. The molecular weight excluding hydrogens is 430 g/mol. The number of rotatable bonds is 3. The van der Waals surface area contributed by atoms with Crippen molar-refractivity contribution in [1.82, 2.24) is 9.80 Å². The van der Waals surface area contributed by atoms with Crippen LogP contribution in [0, 0.1) is 5.92 Å². The normalized spacial score (nSPS) is 22.3. The molecular formula is C24H34ClN3O4. The monoisotopic (exact) mass is 463 g/mol. The Kier molecular flexibility index (Phi) is 6.34. The van der Waals surface area contributed by atoms with Crippen LogP contribution in [-0.2, 0) is 14.9 Å². The summed E-state index contributed by atoms with van der Waals surface area (Å²) in [5, 5.41) is 14.3. The second kappa shape index (κ2) is 8.75. The third-order valence-electron chi connectivity index (χ3n) is 7.21. The van der Waals surface area contributed by atoms with Crippen LogP contribution in [-0.4, -0.2) is 71.3 Å². The van der Waals surface area contributed by atoms with Crippen molar-refractivity contribution in [2.45, 2.75) is 63.5 Å². The summed E-state index contributed by atoms with van der Waals surface area (Å²) in [5.41, 5.74) is 1.94. The first-order valence-corrected chi connectivity index (χ1v) is 11.9. The Morgan fingerprint density at radius 2 is 1.84 bits per heavy atom. The number of hydrogen-bond acceptors (Lipinski definition) is 5. The van der Waals surface area contributed by atoms with Gasteiger partial charge in [-0.1, -0.05) is 17.7 Å². The van der Waals surface area contributed by atoms with Crippen LogP contribution < -0.4 is 5.32 Å². The number of nitrogens with zero attached hydrogens (tertiary/aromatic N) is 2. The standard InChI is InChI=1S/C24H34ClN3O4/c1-23(2,3)32-22(31)28-10-6-16(7-11-28)20(21(29)30)27-12-8-24(9-13-27)15-26-19-14-17(25)4-5-18(19)24/h4-5,14,16,20,26H,6-13,15H2,1-3H3,(H,29,30). The first-order valence-electron chi connectivity index (χ1n) is 11.6. The number of anilines is 1. The maximum absolute atomic E-state index is 12.4. The maximum Gasteiger partial charge on any atom is 0.410 e. The quantitative estimate of drug-likeness (QED) is 0.699. The Morgan fingerprint density at radius 3 is 2.44 bits per heavy atom. The number of ether oxygens (including phenoxy) is 1. The van der Waals surface area contributed by atoms with Crippen LogP contribution in [0.25, 0.3) is 0 Å². The van der Waals surface area contributed by atoms with Crippen molar-refractivity contribution >= 4 is 29.4 Å². The molecule has 0 aromatic heterocycles. The van der Waals surface area contributed by atoms with E-state index in [1.165, 1.54) is 5.56 Å². The highest BCUT2D eigenvalue weighted by Gasteiger charge is 2.45. The van der Waals surface area contributed by atoms with Crippen LogP contribution in [0.15, 0.2) is 18.2 Å². The number of hydrogen-bond donors (Lipinski definition) is 2. The van der Waals surface area contributed by atoms with Gasteiger partial charge in [0.15, 0.2) is 0 Å². The van der Waals surface area contributed by atoms with E-state index < -0.39 is 17.6 Å². The number of carboxylic acids is 1. The number of piperidine rings is 2. The van der Waals surface area contributed by atoms with Gasteiger partial charge in [-0.25, -0.2) is 4.79 Å². The number of benzene rings is 1. The summed E-state index contributed by atoms with van der Waals surface area (Å²) >= 11 is 6.15. The van der Waals surface area contributed by atoms with Gasteiger partial charge in [0.2, 0.25) is 0 Å². The first kappa shape index (κ1) is 23.2. The van der Waals surface area contributed by atoms with Gasteiger partial charge >= 0.3 is 12.1 Å². The second-order valence-corrected chi connectivity index (χ2v) is 10.9.